The van der Waals surface area contributed by atoms with E-state index in [0.717, 1.165) is 24.8 Å². The maximum Gasteiger partial charge on any atom is 0.314 e. The Kier molecular flexibility index (Phi) is 2.32. The Bertz CT molecular complexity index is 463. The van der Waals surface area contributed by atoms with Crippen LogP contribution in [-0.2, 0) is 10.2 Å². The molecule has 4 rings (SSSR count). The standard InChI is InChI=1S/C15H16O2/c16-14(17)15(12-4-2-1-3-5-12)10-11-6-8-13(15)9-7-11/h1-6,8,11,13H,7,9-10H2,(H,16,17). The lowest BCUT2D eigenvalue weighted by Crippen LogP contribution is -2.48. The Morgan fingerprint density at radius 1 is 1.18 bits per heavy atom. The predicted octanol–water partition coefficient (Wildman–Crippen LogP) is 3.00. The Morgan fingerprint density at radius 2 is 1.94 bits per heavy atom. The lowest BCUT2D eigenvalue weighted by Gasteiger charge is -2.46. The Labute approximate surface area is 101 Å². The second kappa shape index (κ2) is 3.73. The molecule has 1 fully saturated rings. The molecule has 0 heterocycles. The number of carbonyl (C=O) groups is 1. The molecule has 0 radical (unpaired) electrons. The molecule has 1 aromatic rings. The van der Waals surface area contributed by atoms with Crippen LogP contribution in [0.5, 0.6) is 0 Å². The van der Waals surface area contributed by atoms with Crippen LogP contribution in [-0.4, -0.2) is 11.1 Å². The fraction of sp³-hybridized carbons (Fsp3) is 0.400. The van der Waals surface area contributed by atoms with Crippen molar-refractivity contribution in [2.75, 3.05) is 0 Å². The first-order valence-electron chi connectivity index (χ1n) is 6.21. The molecule has 2 heteroatoms. The van der Waals surface area contributed by atoms with Crippen molar-refractivity contribution >= 4 is 5.97 Å². The summed E-state index contributed by atoms with van der Waals surface area (Å²) in [5.74, 6) is -0.0635. The van der Waals surface area contributed by atoms with Gasteiger partial charge in [0.15, 0.2) is 0 Å². The number of carboxylic acids is 1. The zero-order chi connectivity index (χ0) is 11.9. The maximum absolute atomic E-state index is 11.8. The van der Waals surface area contributed by atoms with Gasteiger partial charge in [0.2, 0.25) is 0 Å². The lowest BCUT2D eigenvalue weighted by molar-refractivity contribution is -0.148. The molecule has 17 heavy (non-hydrogen) atoms. The number of hydrogen-bond acceptors (Lipinski definition) is 1. The molecular formula is C15H16O2. The SMILES string of the molecule is O=C(O)C1(c2ccccc2)CC2C=CC1CC2. The van der Waals surface area contributed by atoms with Crippen LogP contribution in [0.2, 0.25) is 0 Å². The van der Waals surface area contributed by atoms with Crippen molar-refractivity contribution < 1.29 is 9.90 Å². The maximum atomic E-state index is 11.8. The van der Waals surface area contributed by atoms with E-state index in [-0.39, 0.29) is 5.92 Å². The average Bonchev–Trinajstić information content (AvgIpc) is 2.40. The van der Waals surface area contributed by atoms with E-state index < -0.39 is 11.4 Å². The van der Waals surface area contributed by atoms with Crippen molar-refractivity contribution in [3.05, 3.63) is 48.0 Å². The minimum Gasteiger partial charge on any atom is -0.481 e. The number of benzene rings is 1. The highest BCUT2D eigenvalue weighted by molar-refractivity contribution is 5.83. The third kappa shape index (κ3) is 1.43. The Balaban J connectivity index is 2.12. The molecule has 1 aromatic carbocycles. The minimum atomic E-state index is -0.682. The molecule has 0 aromatic heterocycles. The summed E-state index contributed by atoms with van der Waals surface area (Å²) in [7, 11) is 0. The molecule has 3 unspecified atom stereocenters. The zero-order valence-electron chi connectivity index (χ0n) is 9.67. The monoisotopic (exact) mass is 228 g/mol. The first-order chi connectivity index (χ1) is 8.23. The van der Waals surface area contributed by atoms with Crippen LogP contribution in [0.1, 0.15) is 24.8 Å². The third-order valence-electron chi connectivity index (χ3n) is 4.35. The summed E-state index contributed by atoms with van der Waals surface area (Å²) in [6, 6.07) is 9.74. The molecule has 3 aliphatic carbocycles. The van der Waals surface area contributed by atoms with Crippen molar-refractivity contribution in [3.63, 3.8) is 0 Å². The van der Waals surface area contributed by atoms with E-state index in [2.05, 4.69) is 12.2 Å². The van der Waals surface area contributed by atoms with Crippen LogP contribution >= 0.6 is 0 Å². The van der Waals surface area contributed by atoms with E-state index in [1.807, 2.05) is 30.3 Å². The number of fused-ring (bicyclic) bond motifs is 2. The van der Waals surface area contributed by atoms with Crippen molar-refractivity contribution in [1.29, 1.82) is 0 Å². The highest BCUT2D eigenvalue weighted by atomic mass is 16.4. The summed E-state index contributed by atoms with van der Waals surface area (Å²) in [6.45, 7) is 0. The van der Waals surface area contributed by atoms with E-state index in [1.54, 1.807) is 0 Å². The number of aliphatic carboxylic acids is 1. The van der Waals surface area contributed by atoms with Crippen LogP contribution < -0.4 is 0 Å². The Hall–Kier alpha value is -1.57. The van der Waals surface area contributed by atoms with Gasteiger partial charge in [-0.3, -0.25) is 4.79 Å². The van der Waals surface area contributed by atoms with Crippen LogP contribution in [0.15, 0.2) is 42.5 Å². The summed E-state index contributed by atoms with van der Waals surface area (Å²) in [5.41, 5.74) is 0.283. The fourth-order valence-corrected chi connectivity index (χ4v) is 3.46. The Morgan fingerprint density at radius 3 is 2.41 bits per heavy atom. The van der Waals surface area contributed by atoms with E-state index in [0.29, 0.717) is 5.92 Å². The quantitative estimate of drug-likeness (QED) is 0.790. The molecule has 3 atom stereocenters. The van der Waals surface area contributed by atoms with Crippen molar-refractivity contribution in [3.8, 4) is 0 Å². The lowest BCUT2D eigenvalue weighted by atomic mass is 9.56. The van der Waals surface area contributed by atoms with Crippen molar-refractivity contribution in [2.45, 2.75) is 24.7 Å². The second-order valence-electron chi connectivity index (χ2n) is 5.18. The molecule has 88 valence electrons. The molecule has 0 spiro atoms. The normalized spacial score (nSPS) is 34.8. The fourth-order valence-electron chi connectivity index (χ4n) is 3.46. The topological polar surface area (TPSA) is 37.3 Å². The van der Waals surface area contributed by atoms with Gasteiger partial charge >= 0.3 is 5.97 Å². The minimum absolute atomic E-state index is 0.160. The summed E-state index contributed by atoms with van der Waals surface area (Å²) in [5, 5.41) is 9.73. The molecule has 0 amide bonds. The number of allylic oxidation sites excluding steroid dienone is 2. The predicted molar refractivity (Wildman–Crippen MR) is 65.7 cm³/mol. The van der Waals surface area contributed by atoms with Gasteiger partial charge in [0.05, 0.1) is 5.41 Å². The molecular weight excluding hydrogens is 212 g/mol. The number of rotatable bonds is 2. The van der Waals surface area contributed by atoms with E-state index in [9.17, 15) is 9.90 Å². The second-order valence-corrected chi connectivity index (χ2v) is 5.18. The van der Waals surface area contributed by atoms with Gasteiger partial charge < -0.3 is 5.11 Å². The third-order valence-corrected chi connectivity index (χ3v) is 4.35. The van der Waals surface area contributed by atoms with E-state index in [4.69, 9.17) is 0 Å². The van der Waals surface area contributed by atoms with Gasteiger partial charge in [0.25, 0.3) is 0 Å². The summed E-state index contributed by atoms with van der Waals surface area (Å²) >= 11 is 0. The largest absolute Gasteiger partial charge is 0.481 e. The average molecular weight is 228 g/mol. The van der Waals surface area contributed by atoms with Gasteiger partial charge in [-0.1, -0.05) is 42.5 Å². The molecule has 2 bridgehead atoms. The first kappa shape index (κ1) is 10.6. The first-order valence-corrected chi connectivity index (χ1v) is 6.21. The van der Waals surface area contributed by atoms with Crippen LogP contribution in [0, 0.1) is 11.8 Å². The highest BCUT2D eigenvalue weighted by Gasteiger charge is 2.51. The highest BCUT2D eigenvalue weighted by Crippen LogP contribution is 2.50. The van der Waals surface area contributed by atoms with Crippen LogP contribution in [0.25, 0.3) is 0 Å². The summed E-state index contributed by atoms with van der Waals surface area (Å²) < 4.78 is 0. The van der Waals surface area contributed by atoms with Crippen LogP contribution in [0.3, 0.4) is 0 Å². The van der Waals surface area contributed by atoms with Gasteiger partial charge in [-0.25, -0.2) is 0 Å². The molecule has 0 aliphatic heterocycles. The van der Waals surface area contributed by atoms with E-state index >= 15 is 0 Å². The molecule has 0 saturated heterocycles. The number of hydrogen-bond donors (Lipinski definition) is 1. The molecule has 1 saturated carbocycles. The van der Waals surface area contributed by atoms with E-state index in [1.165, 1.54) is 0 Å². The van der Waals surface area contributed by atoms with Crippen molar-refractivity contribution in [1.82, 2.24) is 0 Å². The van der Waals surface area contributed by atoms with Crippen LogP contribution in [0.4, 0.5) is 0 Å². The number of carboxylic acid groups (broad SMARTS) is 1. The van der Waals surface area contributed by atoms with Crippen molar-refractivity contribution in [2.24, 2.45) is 11.8 Å². The van der Waals surface area contributed by atoms with Gasteiger partial charge in [-0.05, 0) is 36.7 Å². The van der Waals surface area contributed by atoms with Gasteiger partial charge in [-0.15, -0.1) is 0 Å². The smallest absolute Gasteiger partial charge is 0.314 e. The molecule has 2 nitrogen and oxygen atoms in total. The van der Waals surface area contributed by atoms with Gasteiger partial charge in [-0.2, -0.15) is 0 Å². The molecule has 1 N–H and O–H groups in total. The summed E-state index contributed by atoms with van der Waals surface area (Å²) in [4.78, 5) is 11.8. The zero-order valence-corrected chi connectivity index (χ0v) is 9.67. The molecule has 3 aliphatic rings. The van der Waals surface area contributed by atoms with Gasteiger partial charge in [0, 0.05) is 0 Å². The van der Waals surface area contributed by atoms with Gasteiger partial charge in [0.1, 0.15) is 0 Å². The summed E-state index contributed by atoms with van der Waals surface area (Å²) in [6.07, 6.45) is 7.23.